The van der Waals surface area contributed by atoms with E-state index in [0.717, 1.165) is 37.7 Å². The second-order valence-electron chi connectivity index (χ2n) is 7.68. The van der Waals surface area contributed by atoms with Crippen molar-refractivity contribution in [2.45, 2.75) is 66.4 Å². The molecule has 0 saturated heterocycles. The summed E-state index contributed by atoms with van der Waals surface area (Å²) in [4.78, 5) is 13.0. The van der Waals surface area contributed by atoms with Gasteiger partial charge in [-0.25, -0.2) is 0 Å². The van der Waals surface area contributed by atoms with Crippen LogP contribution >= 0.6 is 11.6 Å². The van der Waals surface area contributed by atoms with Crippen molar-refractivity contribution < 1.29 is 9.53 Å². The second kappa shape index (κ2) is 10.8. The molecule has 0 unspecified atom stereocenters. The summed E-state index contributed by atoms with van der Waals surface area (Å²) in [6.07, 6.45) is 4.54. The van der Waals surface area contributed by atoms with Crippen molar-refractivity contribution in [3.63, 3.8) is 0 Å². The first-order valence-corrected chi connectivity index (χ1v) is 9.70. The fraction of sp³-hybridized carbons (Fsp3) is 0.667. The van der Waals surface area contributed by atoms with Crippen molar-refractivity contribution in [3.05, 3.63) is 35.9 Å². The molecule has 3 heteroatoms. The number of unbranched alkanes of at least 4 members (excludes halogenated alkanes) is 1. The van der Waals surface area contributed by atoms with Gasteiger partial charge in [0.25, 0.3) is 0 Å². The predicted octanol–water partition coefficient (Wildman–Crippen LogP) is 6.22. The van der Waals surface area contributed by atoms with Crippen LogP contribution in [0.1, 0.15) is 65.4 Å². The van der Waals surface area contributed by atoms with Crippen LogP contribution in [0.4, 0.5) is 0 Å². The van der Waals surface area contributed by atoms with Crippen molar-refractivity contribution in [1.82, 2.24) is 0 Å². The molecule has 0 amide bonds. The predicted molar refractivity (Wildman–Crippen MR) is 102 cm³/mol. The molecule has 0 aliphatic heterocycles. The first kappa shape index (κ1) is 21.0. The minimum atomic E-state index is -0.386. The van der Waals surface area contributed by atoms with Gasteiger partial charge in [-0.2, -0.15) is 0 Å². The highest BCUT2D eigenvalue weighted by atomic mass is 35.5. The molecule has 0 aliphatic carbocycles. The molecule has 0 fully saturated rings. The van der Waals surface area contributed by atoms with E-state index in [4.69, 9.17) is 16.3 Å². The van der Waals surface area contributed by atoms with Crippen molar-refractivity contribution in [2.75, 3.05) is 5.88 Å². The van der Waals surface area contributed by atoms with Crippen LogP contribution in [0.25, 0.3) is 0 Å². The fourth-order valence-corrected chi connectivity index (χ4v) is 3.74. The van der Waals surface area contributed by atoms with Gasteiger partial charge in [0.2, 0.25) is 0 Å². The molecule has 0 bridgehead atoms. The molecule has 136 valence electrons. The molecule has 0 radical (unpaired) electrons. The summed E-state index contributed by atoms with van der Waals surface area (Å²) in [6, 6.07) is 9.90. The third-order valence-electron chi connectivity index (χ3n) is 4.28. The Labute approximate surface area is 152 Å². The summed E-state index contributed by atoms with van der Waals surface area (Å²) in [5.74, 6) is 1.54. The Balaban J connectivity index is 2.87. The molecular weight excluding hydrogens is 320 g/mol. The van der Waals surface area contributed by atoms with E-state index < -0.39 is 0 Å². The van der Waals surface area contributed by atoms with E-state index in [0.29, 0.717) is 24.3 Å². The number of esters is 1. The van der Waals surface area contributed by atoms with Crippen LogP contribution < -0.4 is 0 Å². The van der Waals surface area contributed by atoms with Crippen molar-refractivity contribution in [3.8, 4) is 0 Å². The average molecular weight is 353 g/mol. The summed E-state index contributed by atoms with van der Waals surface area (Å²) in [6.45, 7) is 9.08. The normalized spacial score (nSPS) is 12.0. The number of hydrogen-bond donors (Lipinski definition) is 0. The van der Waals surface area contributed by atoms with Gasteiger partial charge < -0.3 is 4.74 Å². The lowest BCUT2D eigenvalue weighted by molar-refractivity contribution is -0.160. The van der Waals surface area contributed by atoms with Gasteiger partial charge in [-0.1, -0.05) is 64.4 Å². The van der Waals surface area contributed by atoms with E-state index in [9.17, 15) is 4.79 Å². The Bertz CT molecular complexity index is 458. The van der Waals surface area contributed by atoms with Crippen LogP contribution in [0.2, 0.25) is 0 Å². The molecule has 1 rings (SSSR count). The topological polar surface area (TPSA) is 26.3 Å². The van der Waals surface area contributed by atoms with E-state index >= 15 is 0 Å². The summed E-state index contributed by atoms with van der Waals surface area (Å²) >= 11 is 5.85. The molecule has 2 nitrogen and oxygen atoms in total. The van der Waals surface area contributed by atoms with E-state index in [1.807, 2.05) is 30.3 Å². The first-order valence-electron chi connectivity index (χ1n) is 9.16. The number of carbonyl (C=O) groups is 1. The van der Waals surface area contributed by atoms with Gasteiger partial charge in [-0.15, -0.1) is 11.6 Å². The number of carbonyl (C=O) groups excluding carboxylic acids is 1. The lowest BCUT2D eigenvalue weighted by Crippen LogP contribution is -2.36. The number of benzene rings is 1. The van der Waals surface area contributed by atoms with E-state index in [2.05, 4.69) is 27.7 Å². The van der Waals surface area contributed by atoms with E-state index in [1.54, 1.807) is 0 Å². The molecule has 1 aromatic rings. The van der Waals surface area contributed by atoms with Gasteiger partial charge >= 0.3 is 5.97 Å². The van der Waals surface area contributed by atoms with Crippen LogP contribution in [0, 0.1) is 17.3 Å². The Morgan fingerprint density at radius 3 is 2.12 bits per heavy atom. The first-order chi connectivity index (χ1) is 11.4. The number of ether oxygens (including phenoxy) is 1. The molecular formula is C21H33ClO2. The smallest absolute Gasteiger partial charge is 0.312 e. The standard InChI is InChI=1S/C21H33ClO2/c1-17(2)14-21(15-18(3)4,12-8-9-13-22)20(23)24-16-19-10-6-5-7-11-19/h5-7,10-11,17-18H,8-9,12-16H2,1-4H3. The highest BCUT2D eigenvalue weighted by Crippen LogP contribution is 2.40. The highest BCUT2D eigenvalue weighted by molar-refractivity contribution is 6.17. The molecule has 0 heterocycles. The SMILES string of the molecule is CC(C)CC(CCCCCl)(CC(C)C)C(=O)OCc1ccccc1. The van der Waals surface area contributed by atoms with Crippen LogP contribution in [0.3, 0.4) is 0 Å². The lowest BCUT2D eigenvalue weighted by atomic mass is 9.71. The van der Waals surface area contributed by atoms with Crippen molar-refractivity contribution >= 4 is 17.6 Å². The van der Waals surface area contributed by atoms with Gasteiger partial charge in [-0.3, -0.25) is 4.79 Å². The van der Waals surface area contributed by atoms with Crippen LogP contribution in [0.15, 0.2) is 30.3 Å². The number of halogens is 1. The monoisotopic (exact) mass is 352 g/mol. The Morgan fingerprint density at radius 1 is 1.04 bits per heavy atom. The van der Waals surface area contributed by atoms with Crippen molar-refractivity contribution in [2.24, 2.45) is 17.3 Å². The van der Waals surface area contributed by atoms with Crippen molar-refractivity contribution in [1.29, 1.82) is 0 Å². The minimum absolute atomic E-state index is 0.0386. The summed E-state index contributed by atoms with van der Waals surface area (Å²) in [5, 5.41) is 0. The van der Waals surface area contributed by atoms with Gasteiger partial charge in [-0.05, 0) is 43.1 Å². The maximum atomic E-state index is 13.0. The van der Waals surface area contributed by atoms with Crippen LogP contribution in [-0.4, -0.2) is 11.8 Å². The zero-order valence-corrected chi connectivity index (χ0v) is 16.4. The molecule has 0 aromatic heterocycles. The third-order valence-corrected chi connectivity index (χ3v) is 4.55. The van der Waals surface area contributed by atoms with Gasteiger partial charge in [0.1, 0.15) is 6.61 Å². The highest BCUT2D eigenvalue weighted by Gasteiger charge is 2.40. The lowest BCUT2D eigenvalue weighted by Gasteiger charge is -2.35. The number of hydrogen-bond acceptors (Lipinski definition) is 2. The number of alkyl halides is 1. The zero-order valence-electron chi connectivity index (χ0n) is 15.7. The maximum Gasteiger partial charge on any atom is 0.312 e. The van der Waals surface area contributed by atoms with Crippen LogP contribution in [0.5, 0.6) is 0 Å². The molecule has 0 saturated carbocycles. The molecule has 0 atom stereocenters. The molecule has 24 heavy (non-hydrogen) atoms. The molecule has 1 aromatic carbocycles. The Kier molecular flexibility index (Phi) is 9.43. The van der Waals surface area contributed by atoms with Gasteiger partial charge in [0, 0.05) is 5.88 Å². The third kappa shape index (κ3) is 7.25. The number of rotatable bonds is 11. The summed E-state index contributed by atoms with van der Waals surface area (Å²) in [5.41, 5.74) is 0.651. The van der Waals surface area contributed by atoms with E-state index in [-0.39, 0.29) is 11.4 Å². The largest absolute Gasteiger partial charge is 0.460 e. The van der Waals surface area contributed by atoms with Gasteiger partial charge in [0.05, 0.1) is 5.41 Å². The summed E-state index contributed by atoms with van der Waals surface area (Å²) < 4.78 is 5.75. The second-order valence-corrected chi connectivity index (χ2v) is 8.06. The Morgan fingerprint density at radius 2 is 1.62 bits per heavy atom. The average Bonchev–Trinajstić information content (AvgIpc) is 2.52. The van der Waals surface area contributed by atoms with E-state index in [1.165, 1.54) is 0 Å². The zero-order chi connectivity index (χ0) is 18.0. The Hall–Kier alpha value is -1.02. The maximum absolute atomic E-state index is 13.0. The van der Waals surface area contributed by atoms with Gasteiger partial charge in [0.15, 0.2) is 0 Å². The molecule has 0 spiro atoms. The molecule has 0 N–H and O–H groups in total. The van der Waals surface area contributed by atoms with Crippen LogP contribution in [-0.2, 0) is 16.1 Å². The fourth-order valence-electron chi connectivity index (χ4n) is 3.55. The quantitative estimate of drug-likeness (QED) is 0.268. The molecule has 0 aliphatic rings. The minimum Gasteiger partial charge on any atom is -0.460 e. The summed E-state index contributed by atoms with van der Waals surface area (Å²) in [7, 11) is 0.